The number of anilines is 1. The lowest BCUT2D eigenvalue weighted by Crippen LogP contribution is -2.07. The fraction of sp³-hybridized carbons (Fsp3) is 0.105. The first-order chi connectivity index (χ1) is 11.6. The van der Waals surface area contributed by atoms with Crippen LogP contribution in [-0.4, -0.2) is 19.6 Å². The molecule has 1 N–H and O–H groups in total. The molecule has 0 bridgehead atoms. The second-order valence-corrected chi connectivity index (χ2v) is 4.84. The number of amides is 1. The van der Waals surface area contributed by atoms with Crippen molar-refractivity contribution in [1.29, 1.82) is 0 Å². The van der Waals surface area contributed by atoms with Crippen LogP contribution in [0.3, 0.4) is 0 Å². The van der Waals surface area contributed by atoms with Gasteiger partial charge in [-0.05, 0) is 42.0 Å². The number of carbonyl (C=O) groups excluding carboxylic acids is 1. The molecule has 0 unspecified atom stereocenters. The number of hydrogen-bond acceptors (Lipinski definition) is 3. The maximum Gasteiger partial charge on any atom is 0.248 e. The molecule has 0 atom stereocenters. The Morgan fingerprint density at radius 1 is 1.25 bits per heavy atom. The van der Waals surface area contributed by atoms with Gasteiger partial charge in [0.2, 0.25) is 5.91 Å². The second-order valence-electron chi connectivity index (χ2n) is 4.84. The molecule has 0 radical (unpaired) electrons. The number of hydrogen-bond donors (Lipinski definition) is 1. The third kappa shape index (κ3) is 4.98. The van der Waals surface area contributed by atoms with E-state index in [9.17, 15) is 9.18 Å². The van der Waals surface area contributed by atoms with Crippen LogP contribution in [0.4, 0.5) is 10.1 Å². The van der Waals surface area contributed by atoms with Crippen molar-refractivity contribution in [3.05, 3.63) is 72.6 Å². The molecule has 2 aromatic carbocycles. The number of carbonyl (C=O) groups is 1. The third-order valence-corrected chi connectivity index (χ3v) is 3.06. The zero-order chi connectivity index (χ0) is 17.4. The van der Waals surface area contributed by atoms with Crippen molar-refractivity contribution < 1.29 is 18.7 Å². The van der Waals surface area contributed by atoms with Crippen LogP contribution in [0.25, 0.3) is 6.08 Å². The molecule has 0 aliphatic heterocycles. The van der Waals surface area contributed by atoms with Gasteiger partial charge in [0.1, 0.15) is 12.4 Å². The van der Waals surface area contributed by atoms with Crippen LogP contribution in [0, 0.1) is 5.82 Å². The number of halogens is 1. The molecule has 0 heterocycles. The third-order valence-electron chi connectivity index (χ3n) is 3.06. The highest BCUT2D eigenvalue weighted by Crippen LogP contribution is 2.28. The van der Waals surface area contributed by atoms with E-state index in [0.29, 0.717) is 23.8 Å². The van der Waals surface area contributed by atoms with Gasteiger partial charge in [-0.3, -0.25) is 4.79 Å². The van der Waals surface area contributed by atoms with E-state index in [1.807, 2.05) is 0 Å². The van der Waals surface area contributed by atoms with E-state index < -0.39 is 5.82 Å². The Hall–Kier alpha value is -3.08. The average Bonchev–Trinajstić information content (AvgIpc) is 2.58. The molecule has 0 aromatic heterocycles. The van der Waals surface area contributed by atoms with E-state index in [-0.39, 0.29) is 5.91 Å². The monoisotopic (exact) mass is 327 g/mol. The first-order valence-corrected chi connectivity index (χ1v) is 7.28. The molecular weight excluding hydrogens is 309 g/mol. The number of nitrogens with one attached hydrogen (secondary N) is 1. The van der Waals surface area contributed by atoms with Crippen molar-refractivity contribution in [2.75, 3.05) is 19.0 Å². The normalized spacial score (nSPS) is 10.4. The first-order valence-electron chi connectivity index (χ1n) is 7.28. The van der Waals surface area contributed by atoms with E-state index in [0.717, 1.165) is 5.56 Å². The topological polar surface area (TPSA) is 47.6 Å². The average molecular weight is 327 g/mol. The standard InChI is InChI=1S/C19H18FNO3/c1-3-11-24-17-9-7-14(12-18(17)23-2)8-10-19(22)21-16-6-4-5-15(20)13-16/h3-10,12-13H,1,11H2,2H3,(H,21,22)/b10-8+. The van der Waals surface area contributed by atoms with E-state index in [4.69, 9.17) is 9.47 Å². The van der Waals surface area contributed by atoms with Crippen LogP contribution in [0.5, 0.6) is 11.5 Å². The van der Waals surface area contributed by atoms with Crippen LogP contribution < -0.4 is 14.8 Å². The molecule has 2 aromatic rings. The molecule has 0 fully saturated rings. The van der Waals surface area contributed by atoms with Gasteiger partial charge in [-0.15, -0.1) is 0 Å². The van der Waals surface area contributed by atoms with Gasteiger partial charge in [-0.2, -0.15) is 0 Å². The second kappa shape index (κ2) is 8.53. The number of methoxy groups -OCH3 is 1. The maximum atomic E-state index is 13.1. The molecule has 0 spiro atoms. The highest BCUT2D eigenvalue weighted by Gasteiger charge is 2.04. The van der Waals surface area contributed by atoms with Gasteiger partial charge in [0.15, 0.2) is 11.5 Å². The number of ether oxygens (including phenoxy) is 2. The molecule has 0 aliphatic rings. The van der Waals surface area contributed by atoms with Gasteiger partial charge in [0.25, 0.3) is 0 Å². The summed E-state index contributed by atoms with van der Waals surface area (Å²) in [6.07, 6.45) is 4.64. The van der Waals surface area contributed by atoms with Crippen molar-refractivity contribution in [1.82, 2.24) is 0 Å². The maximum absolute atomic E-state index is 13.1. The Kier molecular flexibility index (Phi) is 6.14. The summed E-state index contributed by atoms with van der Waals surface area (Å²) in [6, 6.07) is 11.0. The number of benzene rings is 2. The molecule has 124 valence electrons. The van der Waals surface area contributed by atoms with Gasteiger partial charge < -0.3 is 14.8 Å². The Morgan fingerprint density at radius 3 is 2.79 bits per heavy atom. The quantitative estimate of drug-likeness (QED) is 0.616. The van der Waals surface area contributed by atoms with Crippen molar-refractivity contribution >= 4 is 17.7 Å². The van der Waals surface area contributed by atoms with Crippen molar-refractivity contribution in [3.63, 3.8) is 0 Å². The molecule has 0 saturated carbocycles. The van der Waals surface area contributed by atoms with Crippen LogP contribution in [0.1, 0.15) is 5.56 Å². The van der Waals surface area contributed by atoms with Gasteiger partial charge in [0.05, 0.1) is 7.11 Å². The Bertz CT molecular complexity index is 756. The summed E-state index contributed by atoms with van der Waals surface area (Å²) in [7, 11) is 1.54. The fourth-order valence-corrected chi connectivity index (χ4v) is 1.98. The van der Waals surface area contributed by atoms with Gasteiger partial charge in [0, 0.05) is 11.8 Å². The number of rotatable bonds is 7. The molecular formula is C19H18FNO3. The summed E-state index contributed by atoms with van der Waals surface area (Å²) in [5, 5.41) is 2.59. The van der Waals surface area contributed by atoms with Gasteiger partial charge in [-0.25, -0.2) is 4.39 Å². The molecule has 2 rings (SSSR count). The SMILES string of the molecule is C=CCOc1ccc(/C=C/C(=O)Nc2cccc(F)c2)cc1OC. The largest absolute Gasteiger partial charge is 0.493 e. The summed E-state index contributed by atoms with van der Waals surface area (Å²) in [6.45, 7) is 3.97. The minimum Gasteiger partial charge on any atom is -0.493 e. The lowest BCUT2D eigenvalue weighted by atomic mass is 10.2. The summed E-state index contributed by atoms with van der Waals surface area (Å²) in [5.74, 6) is 0.395. The van der Waals surface area contributed by atoms with Gasteiger partial charge >= 0.3 is 0 Å². The Labute approximate surface area is 140 Å². The smallest absolute Gasteiger partial charge is 0.248 e. The lowest BCUT2D eigenvalue weighted by Gasteiger charge is -2.09. The minimum atomic E-state index is -0.406. The summed E-state index contributed by atoms with van der Waals surface area (Å²) < 4.78 is 23.8. The molecule has 24 heavy (non-hydrogen) atoms. The zero-order valence-electron chi connectivity index (χ0n) is 13.3. The summed E-state index contributed by atoms with van der Waals surface area (Å²) >= 11 is 0. The summed E-state index contributed by atoms with van der Waals surface area (Å²) in [4.78, 5) is 11.9. The highest BCUT2D eigenvalue weighted by molar-refractivity contribution is 6.01. The predicted molar refractivity (Wildman–Crippen MR) is 92.7 cm³/mol. The van der Waals surface area contributed by atoms with Crippen molar-refractivity contribution in [2.24, 2.45) is 0 Å². The van der Waals surface area contributed by atoms with Crippen molar-refractivity contribution in [2.45, 2.75) is 0 Å². The van der Waals surface area contributed by atoms with E-state index >= 15 is 0 Å². The molecule has 0 saturated heterocycles. The fourth-order valence-electron chi connectivity index (χ4n) is 1.98. The lowest BCUT2D eigenvalue weighted by molar-refractivity contribution is -0.111. The van der Waals surface area contributed by atoms with Crippen LogP contribution in [0.15, 0.2) is 61.2 Å². The van der Waals surface area contributed by atoms with Crippen LogP contribution >= 0.6 is 0 Å². The Morgan fingerprint density at radius 2 is 2.08 bits per heavy atom. The molecule has 5 heteroatoms. The Balaban J connectivity index is 2.05. The van der Waals surface area contributed by atoms with Gasteiger partial charge in [-0.1, -0.05) is 24.8 Å². The predicted octanol–water partition coefficient (Wildman–Crippen LogP) is 4.05. The van der Waals surface area contributed by atoms with Crippen molar-refractivity contribution in [3.8, 4) is 11.5 Å². The first kappa shape index (κ1) is 17.3. The summed E-state index contributed by atoms with van der Waals surface area (Å²) in [5.41, 5.74) is 1.17. The van der Waals surface area contributed by atoms with Crippen LogP contribution in [0.2, 0.25) is 0 Å². The molecule has 4 nitrogen and oxygen atoms in total. The highest BCUT2D eigenvalue weighted by atomic mass is 19.1. The zero-order valence-corrected chi connectivity index (χ0v) is 13.3. The molecule has 0 aliphatic carbocycles. The van der Waals surface area contributed by atoms with Crippen LogP contribution in [-0.2, 0) is 4.79 Å². The minimum absolute atomic E-state index is 0.355. The van der Waals surface area contributed by atoms with E-state index in [1.54, 1.807) is 43.5 Å². The van der Waals surface area contributed by atoms with E-state index in [1.165, 1.54) is 24.3 Å². The molecule has 1 amide bonds. The van der Waals surface area contributed by atoms with E-state index in [2.05, 4.69) is 11.9 Å².